The van der Waals surface area contributed by atoms with Gasteiger partial charge in [0.25, 0.3) is 5.91 Å². The van der Waals surface area contributed by atoms with E-state index in [2.05, 4.69) is 36.4 Å². The predicted octanol–water partition coefficient (Wildman–Crippen LogP) is 5.74. The minimum absolute atomic E-state index is 0.180. The van der Waals surface area contributed by atoms with E-state index in [1.807, 2.05) is 42.7 Å². The van der Waals surface area contributed by atoms with Crippen LogP contribution in [0.2, 0.25) is 0 Å². The zero-order chi connectivity index (χ0) is 27.3. The van der Waals surface area contributed by atoms with Crippen molar-refractivity contribution in [2.75, 3.05) is 18.4 Å². The number of H-pyrrole nitrogens is 1. The lowest BCUT2D eigenvalue weighted by molar-refractivity contribution is 0.0792. The molecule has 3 N–H and O–H groups in total. The summed E-state index contributed by atoms with van der Waals surface area (Å²) in [5.41, 5.74) is 6.04. The van der Waals surface area contributed by atoms with Crippen LogP contribution in [0.5, 0.6) is 0 Å². The highest BCUT2D eigenvalue weighted by atomic mass is 16.3. The van der Waals surface area contributed by atoms with E-state index < -0.39 is 0 Å². The number of aliphatic hydroxyl groups is 1. The summed E-state index contributed by atoms with van der Waals surface area (Å²) in [7, 11) is 0. The Balaban J connectivity index is 1.14. The Labute approximate surface area is 235 Å². The monoisotopic (exact) mass is 538 g/mol. The van der Waals surface area contributed by atoms with Gasteiger partial charge in [-0.1, -0.05) is 44.6 Å². The van der Waals surface area contributed by atoms with Gasteiger partial charge in [-0.15, -0.1) is 0 Å². The molecular weight excluding hydrogens is 500 g/mol. The predicted molar refractivity (Wildman–Crippen MR) is 157 cm³/mol. The number of carbonyl (C=O) groups excluding carboxylic acids is 1. The maximum Gasteiger partial charge on any atom is 0.276 e. The van der Waals surface area contributed by atoms with Gasteiger partial charge in [0.15, 0.2) is 5.69 Å². The molecule has 1 aliphatic heterocycles. The van der Waals surface area contributed by atoms with Crippen LogP contribution in [0.25, 0.3) is 22.0 Å². The molecule has 1 amide bonds. The van der Waals surface area contributed by atoms with Crippen LogP contribution in [0.4, 0.5) is 5.69 Å². The van der Waals surface area contributed by atoms with Crippen LogP contribution in [0.1, 0.15) is 73.1 Å². The molecule has 0 bridgehead atoms. The Morgan fingerprint density at radius 2 is 1.77 bits per heavy atom. The highest BCUT2D eigenvalue weighted by molar-refractivity contribution is 6.11. The molecular formula is C32H38N6O2. The number of carbonyl (C=O) groups is 1. The Morgan fingerprint density at radius 3 is 2.55 bits per heavy atom. The van der Waals surface area contributed by atoms with Crippen LogP contribution < -0.4 is 5.32 Å². The summed E-state index contributed by atoms with van der Waals surface area (Å²) >= 11 is 0. The third-order valence-corrected chi connectivity index (χ3v) is 8.42. The molecule has 8 heteroatoms. The quantitative estimate of drug-likeness (QED) is 0.259. The summed E-state index contributed by atoms with van der Waals surface area (Å²) in [6.07, 6.45) is 15.9. The van der Waals surface area contributed by atoms with E-state index in [0.29, 0.717) is 11.4 Å². The van der Waals surface area contributed by atoms with Crippen molar-refractivity contribution < 1.29 is 9.90 Å². The molecule has 0 atom stereocenters. The summed E-state index contributed by atoms with van der Waals surface area (Å²) in [6, 6.07) is 12.1. The molecule has 2 aliphatic rings. The zero-order valence-electron chi connectivity index (χ0n) is 23.0. The van der Waals surface area contributed by atoms with Crippen molar-refractivity contribution in [3.05, 3.63) is 71.9 Å². The van der Waals surface area contributed by atoms with E-state index in [4.69, 9.17) is 0 Å². The standard InChI is InChI=1S/C32H38N6O2/c39-28-11-13-38(14-12-28)21-23-15-25(19-33-18-23)24-7-10-30-29(17-24)31(37-36-30)32(40)35-27-9-8-26(34-20-27)16-22-5-3-1-2-4-6-22/h7-10,15,17-20,22,28,39H,1-6,11-14,16,21H2,(H,35,40)(H,36,37). The minimum Gasteiger partial charge on any atom is -0.393 e. The molecule has 208 valence electrons. The topological polar surface area (TPSA) is 107 Å². The number of nitrogens with zero attached hydrogens (tertiary/aromatic N) is 4. The van der Waals surface area contributed by atoms with Crippen molar-refractivity contribution in [3.63, 3.8) is 0 Å². The number of aliphatic hydroxyl groups excluding tert-OH is 1. The number of rotatable bonds is 7. The number of amides is 1. The van der Waals surface area contributed by atoms with Gasteiger partial charge in [0.1, 0.15) is 0 Å². The van der Waals surface area contributed by atoms with E-state index in [1.165, 1.54) is 38.5 Å². The second-order valence-electron chi connectivity index (χ2n) is 11.5. The highest BCUT2D eigenvalue weighted by Crippen LogP contribution is 2.28. The van der Waals surface area contributed by atoms with Gasteiger partial charge >= 0.3 is 0 Å². The molecule has 1 aliphatic carbocycles. The number of hydrogen-bond acceptors (Lipinski definition) is 6. The van der Waals surface area contributed by atoms with Gasteiger partial charge in [0.05, 0.1) is 23.5 Å². The van der Waals surface area contributed by atoms with Gasteiger partial charge in [-0.2, -0.15) is 5.10 Å². The van der Waals surface area contributed by atoms with E-state index in [0.717, 1.165) is 78.1 Å². The molecule has 2 fully saturated rings. The van der Waals surface area contributed by atoms with E-state index in [9.17, 15) is 9.90 Å². The molecule has 8 nitrogen and oxygen atoms in total. The van der Waals surface area contributed by atoms with Crippen LogP contribution in [0.3, 0.4) is 0 Å². The lowest BCUT2D eigenvalue weighted by Gasteiger charge is -2.29. The molecule has 0 spiro atoms. The number of nitrogens with one attached hydrogen (secondary N) is 2. The van der Waals surface area contributed by atoms with Crippen LogP contribution in [0.15, 0.2) is 55.0 Å². The van der Waals surface area contributed by atoms with Crippen LogP contribution >= 0.6 is 0 Å². The summed E-state index contributed by atoms with van der Waals surface area (Å²) in [5.74, 6) is 0.454. The molecule has 4 aromatic rings. The Kier molecular flexibility index (Phi) is 8.16. The average Bonchev–Trinajstić information content (AvgIpc) is 3.24. The lowest BCUT2D eigenvalue weighted by atomic mass is 9.95. The number of aromatic nitrogens is 4. The summed E-state index contributed by atoms with van der Waals surface area (Å²) in [5, 5.41) is 20.9. The minimum atomic E-state index is -0.263. The molecule has 0 unspecified atom stereocenters. The number of hydrogen-bond donors (Lipinski definition) is 3. The van der Waals surface area contributed by atoms with Crippen molar-refractivity contribution >= 4 is 22.5 Å². The molecule has 4 heterocycles. The zero-order valence-corrected chi connectivity index (χ0v) is 23.0. The fourth-order valence-electron chi connectivity index (χ4n) is 6.11. The van der Waals surface area contributed by atoms with Gasteiger partial charge in [0, 0.05) is 48.7 Å². The first-order valence-corrected chi connectivity index (χ1v) is 14.7. The van der Waals surface area contributed by atoms with Gasteiger partial charge < -0.3 is 10.4 Å². The van der Waals surface area contributed by atoms with E-state index in [1.54, 1.807) is 6.20 Å². The molecule has 1 saturated heterocycles. The number of aromatic amines is 1. The summed E-state index contributed by atoms with van der Waals surface area (Å²) < 4.78 is 0. The van der Waals surface area contributed by atoms with Crippen molar-refractivity contribution in [2.24, 2.45) is 5.92 Å². The maximum absolute atomic E-state index is 13.2. The van der Waals surface area contributed by atoms with Crippen molar-refractivity contribution in [1.82, 2.24) is 25.1 Å². The molecule has 40 heavy (non-hydrogen) atoms. The molecule has 1 aromatic carbocycles. The smallest absolute Gasteiger partial charge is 0.276 e. The SMILES string of the molecule is O=C(Nc1ccc(CC2CCCCCC2)nc1)c1n[nH]c2ccc(-c3cncc(CN4CCC(O)CC4)c3)cc12. The van der Waals surface area contributed by atoms with E-state index in [-0.39, 0.29) is 12.0 Å². The Hall–Kier alpha value is -3.62. The molecule has 3 aromatic heterocycles. The van der Waals surface area contributed by atoms with Crippen molar-refractivity contribution in [1.29, 1.82) is 0 Å². The Morgan fingerprint density at radius 1 is 0.950 bits per heavy atom. The van der Waals surface area contributed by atoms with Crippen LogP contribution in [0, 0.1) is 5.92 Å². The van der Waals surface area contributed by atoms with Gasteiger partial charge in [-0.05, 0) is 66.6 Å². The average molecular weight is 539 g/mol. The van der Waals surface area contributed by atoms with Crippen molar-refractivity contribution in [2.45, 2.75) is 70.4 Å². The number of likely N-dealkylation sites (tertiary alicyclic amines) is 1. The lowest BCUT2D eigenvalue weighted by Crippen LogP contribution is -2.35. The Bertz CT molecular complexity index is 1430. The van der Waals surface area contributed by atoms with Crippen molar-refractivity contribution in [3.8, 4) is 11.1 Å². The largest absolute Gasteiger partial charge is 0.393 e. The molecule has 6 rings (SSSR count). The fraction of sp³-hybridized carbons (Fsp3) is 0.438. The second kappa shape index (κ2) is 12.3. The van der Waals surface area contributed by atoms with Gasteiger partial charge in [-0.25, -0.2) is 0 Å². The molecule has 0 radical (unpaired) electrons. The summed E-state index contributed by atoms with van der Waals surface area (Å²) in [4.78, 5) is 24.7. The fourth-order valence-corrected chi connectivity index (χ4v) is 6.11. The third kappa shape index (κ3) is 6.40. The highest BCUT2D eigenvalue weighted by Gasteiger charge is 2.19. The van der Waals surface area contributed by atoms with Crippen LogP contribution in [-0.2, 0) is 13.0 Å². The first kappa shape index (κ1) is 26.6. The third-order valence-electron chi connectivity index (χ3n) is 8.42. The number of piperidine rings is 1. The normalized spacial score (nSPS) is 17.6. The van der Waals surface area contributed by atoms with Crippen LogP contribution in [-0.4, -0.2) is 55.3 Å². The number of benzene rings is 1. The van der Waals surface area contributed by atoms with Gasteiger partial charge in [-0.3, -0.25) is 24.8 Å². The first-order chi connectivity index (χ1) is 19.6. The maximum atomic E-state index is 13.2. The summed E-state index contributed by atoms with van der Waals surface area (Å²) in [6.45, 7) is 2.59. The first-order valence-electron chi connectivity index (χ1n) is 14.7. The van der Waals surface area contributed by atoms with Gasteiger partial charge in [0.2, 0.25) is 0 Å². The molecule has 1 saturated carbocycles. The number of anilines is 1. The number of fused-ring (bicyclic) bond motifs is 1. The van der Waals surface area contributed by atoms with E-state index >= 15 is 0 Å². The second-order valence-corrected chi connectivity index (χ2v) is 11.5. The number of pyridine rings is 2.